The number of hydrogen-bond acceptors (Lipinski definition) is 3. The second-order valence-electron chi connectivity index (χ2n) is 3.22. The molecule has 0 aliphatic heterocycles. The van der Waals surface area contributed by atoms with Crippen LogP contribution in [0.1, 0.15) is 10.4 Å². The van der Waals surface area contributed by atoms with Crippen LogP contribution in [0.2, 0.25) is 0 Å². The molecule has 0 saturated heterocycles. The van der Waals surface area contributed by atoms with Crippen molar-refractivity contribution in [3.63, 3.8) is 0 Å². The number of aromatic carboxylic acids is 1. The number of allylic oxidation sites excluding steroid dienone is 1. The molecule has 0 aromatic heterocycles. The van der Waals surface area contributed by atoms with Crippen molar-refractivity contribution in [1.82, 2.24) is 0 Å². The van der Waals surface area contributed by atoms with Crippen molar-refractivity contribution in [2.45, 2.75) is 6.18 Å². The van der Waals surface area contributed by atoms with Crippen molar-refractivity contribution in [3.05, 3.63) is 42.1 Å². The summed E-state index contributed by atoms with van der Waals surface area (Å²) in [6.45, 7) is 0. The number of hydrogen-bond donors (Lipinski definition) is 2. The van der Waals surface area contributed by atoms with E-state index in [1.807, 2.05) is 0 Å². The number of carbonyl (C=O) groups is 2. The Balaban J connectivity index is 2.62. The molecule has 2 N–H and O–H groups in total. The lowest BCUT2D eigenvalue weighted by Gasteiger charge is -2.02. The number of carboxylic acids is 1. The zero-order chi connectivity index (χ0) is 13.8. The molecule has 0 saturated carbocycles. The molecule has 1 rings (SSSR count). The predicted octanol–water partition coefficient (Wildman–Crippen LogP) is 2.44. The number of anilines is 1. The maximum absolute atomic E-state index is 11.8. The molecule has 0 spiro atoms. The summed E-state index contributed by atoms with van der Waals surface area (Å²) in [4.78, 5) is 21.0. The number of rotatable bonds is 4. The number of alkyl halides is 3. The van der Waals surface area contributed by atoms with Crippen molar-refractivity contribution in [3.8, 4) is 0 Å². The van der Waals surface area contributed by atoms with Crippen LogP contribution in [0.4, 0.5) is 18.9 Å². The number of ketones is 1. The van der Waals surface area contributed by atoms with Gasteiger partial charge < -0.3 is 10.4 Å². The van der Waals surface area contributed by atoms with Gasteiger partial charge in [-0.05, 0) is 24.3 Å². The van der Waals surface area contributed by atoms with Crippen molar-refractivity contribution in [1.29, 1.82) is 0 Å². The zero-order valence-corrected chi connectivity index (χ0v) is 8.86. The van der Waals surface area contributed by atoms with E-state index >= 15 is 0 Å². The minimum atomic E-state index is -4.90. The van der Waals surface area contributed by atoms with Gasteiger partial charge in [0, 0.05) is 18.0 Å². The highest BCUT2D eigenvalue weighted by atomic mass is 19.4. The third-order valence-electron chi connectivity index (χ3n) is 1.90. The third-order valence-corrected chi connectivity index (χ3v) is 1.90. The molecule has 0 atom stereocenters. The molecule has 1 aromatic rings. The van der Waals surface area contributed by atoms with E-state index in [0.717, 1.165) is 6.20 Å². The van der Waals surface area contributed by atoms with E-state index in [-0.39, 0.29) is 5.56 Å². The molecule has 18 heavy (non-hydrogen) atoms. The van der Waals surface area contributed by atoms with Crippen LogP contribution >= 0.6 is 0 Å². The number of halogens is 3. The zero-order valence-electron chi connectivity index (χ0n) is 8.86. The lowest BCUT2D eigenvalue weighted by atomic mass is 10.2. The first-order valence-corrected chi connectivity index (χ1v) is 4.68. The second-order valence-corrected chi connectivity index (χ2v) is 3.22. The molecular weight excluding hydrogens is 251 g/mol. The topological polar surface area (TPSA) is 66.4 Å². The minimum Gasteiger partial charge on any atom is -0.478 e. The fourth-order valence-corrected chi connectivity index (χ4v) is 1.02. The summed E-state index contributed by atoms with van der Waals surface area (Å²) in [6, 6.07) is 5.30. The second kappa shape index (κ2) is 5.35. The summed E-state index contributed by atoms with van der Waals surface area (Å²) in [7, 11) is 0. The predicted molar refractivity (Wildman–Crippen MR) is 57.2 cm³/mol. The number of carbonyl (C=O) groups excluding carboxylic acids is 1. The van der Waals surface area contributed by atoms with Crippen LogP contribution in [-0.4, -0.2) is 23.0 Å². The Labute approximate surface area is 99.7 Å². The Hall–Kier alpha value is -2.31. The summed E-state index contributed by atoms with van der Waals surface area (Å²) in [5, 5.41) is 11.0. The Morgan fingerprint density at radius 2 is 1.72 bits per heavy atom. The highest BCUT2D eigenvalue weighted by Gasteiger charge is 2.35. The Morgan fingerprint density at radius 1 is 1.17 bits per heavy atom. The fraction of sp³-hybridized carbons (Fsp3) is 0.0909. The number of benzene rings is 1. The van der Waals surface area contributed by atoms with Crippen LogP contribution in [0.25, 0.3) is 0 Å². The smallest absolute Gasteiger partial charge is 0.454 e. The maximum Gasteiger partial charge on any atom is 0.454 e. The molecular formula is C11H8F3NO3. The van der Waals surface area contributed by atoms with E-state index < -0.39 is 17.9 Å². The average molecular weight is 259 g/mol. The largest absolute Gasteiger partial charge is 0.478 e. The molecule has 0 fully saturated rings. The quantitative estimate of drug-likeness (QED) is 0.815. The molecule has 0 radical (unpaired) electrons. The summed E-state index contributed by atoms with van der Waals surface area (Å²) in [5.41, 5.74) is 0.419. The van der Waals surface area contributed by atoms with Gasteiger partial charge in [0.2, 0.25) is 0 Å². The van der Waals surface area contributed by atoms with E-state index in [9.17, 15) is 22.8 Å². The van der Waals surface area contributed by atoms with Gasteiger partial charge in [0.15, 0.2) is 0 Å². The van der Waals surface area contributed by atoms with Gasteiger partial charge in [-0.1, -0.05) is 0 Å². The number of carboxylic acid groups (broad SMARTS) is 1. The highest BCUT2D eigenvalue weighted by molar-refractivity contribution is 5.94. The van der Waals surface area contributed by atoms with Crippen molar-refractivity contribution in [2.24, 2.45) is 0 Å². The van der Waals surface area contributed by atoms with Gasteiger partial charge >= 0.3 is 12.1 Å². The first-order valence-electron chi connectivity index (χ1n) is 4.68. The molecule has 1 aromatic carbocycles. The van der Waals surface area contributed by atoms with Gasteiger partial charge in [-0.3, -0.25) is 4.79 Å². The van der Waals surface area contributed by atoms with Crippen molar-refractivity contribution in [2.75, 3.05) is 5.32 Å². The van der Waals surface area contributed by atoms with Crippen LogP contribution in [0, 0.1) is 0 Å². The molecule has 0 bridgehead atoms. The van der Waals surface area contributed by atoms with Crippen LogP contribution in [0.5, 0.6) is 0 Å². The maximum atomic E-state index is 11.8. The molecule has 7 heteroatoms. The van der Waals surface area contributed by atoms with Crippen molar-refractivity contribution < 1.29 is 27.9 Å². The standard InChI is InChI=1S/C11H8F3NO3/c12-11(13,14)9(16)5-6-15-8-3-1-7(2-4-8)10(17)18/h1-6,15H,(H,17,18)/b6-5-. The summed E-state index contributed by atoms with van der Waals surface area (Å²) >= 11 is 0. The van der Waals surface area contributed by atoms with Crippen LogP contribution in [0.15, 0.2) is 36.5 Å². The fourth-order valence-electron chi connectivity index (χ4n) is 1.02. The van der Waals surface area contributed by atoms with Gasteiger partial charge in [0.1, 0.15) is 0 Å². The van der Waals surface area contributed by atoms with E-state index in [2.05, 4.69) is 5.32 Å². The monoisotopic (exact) mass is 259 g/mol. The van der Waals surface area contributed by atoms with Gasteiger partial charge in [0.05, 0.1) is 5.56 Å². The first kappa shape index (κ1) is 13.8. The normalized spacial score (nSPS) is 11.5. The average Bonchev–Trinajstić information content (AvgIpc) is 2.28. The molecule has 0 unspecified atom stereocenters. The molecule has 0 aliphatic rings. The van der Waals surface area contributed by atoms with E-state index in [4.69, 9.17) is 5.11 Å². The van der Waals surface area contributed by atoms with Gasteiger partial charge in [-0.15, -0.1) is 0 Å². The highest BCUT2D eigenvalue weighted by Crippen LogP contribution is 2.16. The Morgan fingerprint density at radius 3 is 2.17 bits per heavy atom. The minimum absolute atomic E-state index is 0.0518. The molecule has 0 heterocycles. The van der Waals surface area contributed by atoms with Gasteiger partial charge in [-0.25, -0.2) is 4.79 Å². The van der Waals surface area contributed by atoms with Crippen molar-refractivity contribution >= 4 is 17.4 Å². The summed E-state index contributed by atoms with van der Waals surface area (Å²) < 4.78 is 35.5. The summed E-state index contributed by atoms with van der Waals surface area (Å²) in [6.07, 6.45) is -3.71. The van der Waals surface area contributed by atoms with Crippen LogP contribution in [0.3, 0.4) is 0 Å². The van der Waals surface area contributed by atoms with Gasteiger partial charge in [0.25, 0.3) is 5.78 Å². The molecule has 96 valence electrons. The third kappa shape index (κ3) is 3.93. The molecule has 4 nitrogen and oxygen atoms in total. The van der Waals surface area contributed by atoms with E-state index in [0.29, 0.717) is 11.8 Å². The van der Waals surface area contributed by atoms with Crippen LogP contribution in [-0.2, 0) is 4.79 Å². The summed E-state index contributed by atoms with van der Waals surface area (Å²) in [5.74, 6) is -3.08. The lowest BCUT2D eigenvalue weighted by Crippen LogP contribution is -2.20. The lowest BCUT2D eigenvalue weighted by molar-refractivity contribution is -0.165. The van der Waals surface area contributed by atoms with E-state index in [1.165, 1.54) is 24.3 Å². The van der Waals surface area contributed by atoms with Crippen LogP contribution < -0.4 is 5.32 Å². The molecule has 0 aliphatic carbocycles. The first-order chi connectivity index (χ1) is 8.30. The van der Waals surface area contributed by atoms with E-state index in [1.54, 1.807) is 0 Å². The molecule has 0 amide bonds. The Bertz CT molecular complexity index is 477. The number of nitrogens with one attached hydrogen (secondary N) is 1. The van der Waals surface area contributed by atoms with Gasteiger partial charge in [-0.2, -0.15) is 13.2 Å². The Kier molecular flexibility index (Phi) is 4.09. The SMILES string of the molecule is O=C(O)c1ccc(N/C=C\C(=O)C(F)(F)F)cc1.